The molecule has 9 heteroatoms. The summed E-state index contributed by atoms with van der Waals surface area (Å²) in [5.41, 5.74) is -0.480. The second-order valence-electron chi connectivity index (χ2n) is 6.66. The summed E-state index contributed by atoms with van der Waals surface area (Å²) in [6, 6.07) is 0.680. The molecule has 0 spiro atoms. The van der Waals surface area contributed by atoms with Crippen LogP contribution in [-0.4, -0.2) is 52.8 Å². The van der Waals surface area contributed by atoms with Gasteiger partial charge in [-0.3, -0.25) is 4.79 Å². The molecule has 1 aromatic heterocycles. The van der Waals surface area contributed by atoms with E-state index in [4.69, 9.17) is 27.9 Å². The lowest BCUT2D eigenvalue weighted by atomic mass is 10.0. The molecule has 0 aromatic carbocycles. The highest BCUT2D eigenvalue weighted by atomic mass is 35.5. The standard InChI is InChI=1S/C15H20Cl2FN3O3/c1-15(2,3)24-14(23)21-5-4-10(9(18)7-21)20-13(22)11-6-8(16)12(17)19-11/h6,9-10,19H,4-5,7H2,1-3H3,(H,20,22)/t9-,10+/m0/s1. The second-order valence-corrected chi connectivity index (χ2v) is 7.44. The predicted octanol–water partition coefficient (Wildman–Crippen LogP) is 3.40. The number of alkyl halides is 1. The zero-order valence-electron chi connectivity index (χ0n) is 13.7. The van der Waals surface area contributed by atoms with Crippen molar-refractivity contribution in [1.29, 1.82) is 0 Å². The Morgan fingerprint density at radius 1 is 1.42 bits per heavy atom. The van der Waals surface area contributed by atoms with Crippen molar-refractivity contribution in [1.82, 2.24) is 15.2 Å². The van der Waals surface area contributed by atoms with E-state index in [1.165, 1.54) is 11.0 Å². The molecule has 1 aliphatic rings. The number of nitrogens with one attached hydrogen (secondary N) is 2. The van der Waals surface area contributed by atoms with E-state index < -0.39 is 29.8 Å². The van der Waals surface area contributed by atoms with E-state index in [1.807, 2.05) is 0 Å². The van der Waals surface area contributed by atoms with Gasteiger partial charge in [-0.15, -0.1) is 0 Å². The van der Waals surface area contributed by atoms with E-state index in [0.717, 1.165) is 0 Å². The summed E-state index contributed by atoms with van der Waals surface area (Å²) in [6.45, 7) is 5.41. The Kier molecular flexibility index (Phi) is 5.65. The molecule has 2 amide bonds. The molecule has 2 atom stereocenters. The first-order valence-electron chi connectivity index (χ1n) is 7.53. The van der Waals surface area contributed by atoms with Crippen LogP contribution >= 0.6 is 23.2 Å². The number of H-pyrrole nitrogens is 1. The molecule has 1 saturated heterocycles. The first kappa shape index (κ1) is 18.9. The van der Waals surface area contributed by atoms with Crippen molar-refractivity contribution < 1.29 is 18.7 Å². The van der Waals surface area contributed by atoms with Crippen LogP contribution in [0.25, 0.3) is 0 Å². The minimum absolute atomic E-state index is 0.133. The van der Waals surface area contributed by atoms with Crippen molar-refractivity contribution >= 4 is 35.2 Å². The van der Waals surface area contributed by atoms with Gasteiger partial charge in [0.1, 0.15) is 22.6 Å². The fourth-order valence-corrected chi connectivity index (χ4v) is 2.64. The molecule has 1 aromatic rings. The van der Waals surface area contributed by atoms with Gasteiger partial charge in [-0.25, -0.2) is 9.18 Å². The van der Waals surface area contributed by atoms with Crippen molar-refractivity contribution in [2.24, 2.45) is 0 Å². The maximum atomic E-state index is 14.3. The Hall–Kier alpha value is -1.47. The van der Waals surface area contributed by atoms with Gasteiger partial charge in [-0.1, -0.05) is 23.2 Å². The highest BCUT2D eigenvalue weighted by molar-refractivity contribution is 6.41. The Labute approximate surface area is 149 Å². The number of aromatic amines is 1. The first-order valence-corrected chi connectivity index (χ1v) is 8.29. The van der Waals surface area contributed by atoms with Gasteiger partial charge in [0.15, 0.2) is 0 Å². The first-order chi connectivity index (χ1) is 11.1. The third-order valence-corrected chi connectivity index (χ3v) is 4.17. The van der Waals surface area contributed by atoms with Gasteiger partial charge in [0, 0.05) is 6.54 Å². The van der Waals surface area contributed by atoms with E-state index in [2.05, 4.69) is 10.3 Å². The number of halogens is 3. The van der Waals surface area contributed by atoms with Crippen molar-refractivity contribution in [3.63, 3.8) is 0 Å². The summed E-state index contributed by atoms with van der Waals surface area (Å²) in [7, 11) is 0. The number of hydrogen-bond donors (Lipinski definition) is 2. The predicted molar refractivity (Wildman–Crippen MR) is 89.4 cm³/mol. The number of nitrogens with zero attached hydrogens (tertiary/aromatic N) is 1. The fraction of sp³-hybridized carbons (Fsp3) is 0.600. The Morgan fingerprint density at radius 2 is 2.08 bits per heavy atom. The fourth-order valence-electron chi connectivity index (χ4n) is 2.33. The summed E-state index contributed by atoms with van der Waals surface area (Å²) in [5, 5.41) is 2.96. The van der Waals surface area contributed by atoms with Crippen molar-refractivity contribution in [3.05, 3.63) is 21.9 Å². The van der Waals surface area contributed by atoms with Crippen LogP contribution in [0, 0.1) is 0 Å². The average molecular weight is 380 g/mol. The van der Waals surface area contributed by atoms with Gasteiger partial charge in [0.2, 0.25) is 0 Å². The number of amides is 2. The summed E-state index contributed by atoms with van der Waals surface area (Å²) < 4.78 is 19.6. The van der Waals surface area contributed by atoms with Crippen LogP contribution in [0.3, 0.4) is 0 Å². The van der Waals surface area contributed by atoms with E-state index in [0.29, 0.717) is 6.54 Å². The molecule has 0 bridgehead atoms. The summed E-state index contributed by atoms with van der Waals surface area (Å²) >= 11 is 11.5. The van der Waals surface area contributed by atoms with Crippen molar-refractivity contribution in [2.75, 3.05) is 13.1 Å². The van der Waals surface area contributed by atoms with Gasteiger partial charge in [-0.05, 0) is 33.3 Å². The zero-order chi connectivity index (χ0) is 18.1. The topological polar surface area (TPSA) is 74.4 Å². The lowest BCUT2D eigenvalue weighted by Crippen LogP contribution is -2.54. The largest absolute Gasteiger partial charge is 0.444 e. The Morgan fingerprint density at radius 3 is 2.58 bits per heavy atom. The van der Waals surface area contributed by atoms with E-state index >= 15 is 0 Å². The van der Waals surface area contributed by atoms with Crippen molar-refractivity contribution in [2.45, 2.75) is 45.0 Å². The molecule has 2 heterocycles. The molecule has 0 radical (unpaired) electrons. The van der Waals surface area contributed by atoms with Gasteiger partial charge < -0.3 is 19.9 Å². The number of hydrogen-bond acceptors (Lipinski definition) is 3. The molecule has 1 fully saturated rings. The van der Waals surface area contributed by atoms with Gasteiger partial charge in [-0.2, -0.15) is 0 Å². The molecule has 2 N–H and O–H groups in total. The van der Waals surface area contributed by atoms with Gasteiger partial charge in [0.25, 0.3) is 5.91 Å². The number of carbonyl (C=O) groups is 2. The lowest BCUT2D eigenvalue weighted by molar-refractivity contribution is 0.00971. The van der Waals surface area contributed by atoms with Crippen LogP contribution in [-0.2, 0) is 4.74 Å². The van der Waals surface area contributed by atoms with E-state index in [1.54, 1.807) is 20.8 Å². The maximum Gasteiger partial charge on any atom is 0.410 e. The number of piperidine rings is 1. The number of likely N-dealkylation sites (tertiary alicyclic amines) is 1. The van der Waals surface area contributed by atoms with Crippen LogP contribution in [0.15, 0.2) is 6.07 Å². The highest BCUT2D eigenvalue weighted by Gasteiger charge is 2.34. The molecular formula is C15H20Cl2FN3O3. The molecule has 6 nitrogen and oxygen atoms in total. The smallest absolute Gasteiger partial charge is 0.410 e. The van der Waals surface area contributed by atoms with Crippen LogP contribution in [0.4, 0.5) is 9.18 Å². The van der Waals surface area contributed by atoms with E-state index in [9.17, 15) is 14.0 Å². The van der Waals surface area contributed by atoms with Crippen LogP contribution < -0.4 is 5.32 Å². The minimum atomic E-state index is -1.39. The highest BCUT2D eigenvalue weighted by Crippen LogP contribution is 2.23. The summed E-state index contributed by atoms with van der Waals surface area (Å²) in [5.74, 6) is -0.498. The molecule has 0 saturated carbocycles. The second kappa shape index (κ2) is 7.19. The number of aromatic nitrogens is 1. The SMILES string of the molecule is CC(C)(C)OC(=O)N1CC[C@@H](NC(=O)c2cc(Cl)c(Cl)[nH]2)[C@@H](F)C1. The van der Waals surface area contributed by atoms with Crippen LogP contribution in [0.5, 0.6) is 0 Å². The maximum absolute atomic E-state index is 14.3. The van der Waals surface area contributed by atoms with Gasteiger partial charge in [0.05, 0.1) is 17.6 Å². The third-order valence-electron chi connectivity index (χ3n) is 3.48. The molecule has 2 rings (SSSR count). The Balaban J connectivity index is 1.91. The Bertz CT molecular complexity index is 610. The lowest BCUT2D eigenvalue weighted by Gasteiger charge is -2.35. The summed E-state index contributed by atoms with van der Waals surface area (Å²) in [4.78, 5) is 28.0. The molecule has 0 unspecified atom stereocenters. The minimum Gasteiger partial charge on any atom is -0.444 e. The van der Waals surface area contributed by atoms with Gasteiger partial charge >= 0.3 is 6.09 Å². The molecular weight excluding hydrogens is 360 g/mol. The quantitative estimate of drug-likeness (QED) is 0.826. The summed E-state index contributed by atoms with van der Waals surface area (Å²) in [6.07, 6.45) is -1.66. The average Bonchev–Trinajstić information content (AvgIpc) is 2.79. The monoisotopic (exact) mass is 379 g/mol. The van der Waals surface area contributed by atoms with Crippen molar-refractivity contribution in [3.8, 4) is 0 Å². The van der Waals surface area contributed by atoms with Crippen LogP contribution in [0.1, 0.15) is 37.7 Å². The molecule has 1 aliphatic heterocycles. The number of rotatable bonds is 2. The zero-order valence-corrected chi connectivity index (χ0v) is 15.2. The molecule has 134 valence electrons. The normalized spacial score (nSPS) is 21.5. The van der Waals surface area contributed by atoms with Crippen LogP contribution in [0.2, 0.25) is 10.2 Å². The molecule has 0 aliphatic carbocycles. The number of ether oxygens (including phenoxy) is 1. The van der Waals surface area contributed by atoms with E-state index in [-0.39, 0.29) is 28.8 Å². The third kappa shape index (κ3) is 4.77. The molecule has 24 heavy (non-hydrogen) atoms. The number of carbonyl (C=O) groups excluding carboxylic acids is 2.